The van der Waals surface area contributed by atoms with E-state index in [9.17, 15) is 26.4 Å². The van der Waals surface area contributed by atoms with E-state index in [1.165, 1.54) is 18.2 Å². The Labute approximate surface area is 228 Å². The van der Waals surface area contributed by atoms with Crippen LogP contribution in [0.2, 0.25) is 0 Å². The molecule has 1 aliphatic rings. The molecule has 2 heterocycles. The molecule has 2 aromatic carbocycles. The van der Waals surface area contributed by atoms with Gasteiger partial charge in [0.1, 0.15) is 11.4 Å². The van der Waals surface area contributed by atoms with E-state index in [1.807, 2.05) is 13.8 Å². The zero-order valence-corrected chi connectivity index (χ0v) is 22.7. The second-order valence-corrected chi connectivity index (χ2v) is 10.5. The topological polar surface area (TPSA) is 116 Å². The van der Waals surface area contributed by atoms with E-state index in [0.717, 1.165) is 19.3 Å². The third kappa shape index (κ3) is 8.14. The first-order valence-corrected chi connectivity index (χ1v) is 14.2. The SMILES string of the molecule is CC.CS(=O)(=O)c1cccc(CNc2nc(Nc3ccc(C(=O)N4CCNCC4)cc3)ncc2C(F)(F)F)c1.[HH].[HH]. The summed E-state index contributed by atoms with van der Waals surface area (Å²) in [6.07, 6.45) is -2.98. The molecule has 0 radical (unpaired) electrons. The standard InChI is InChI=1S/C24H25F3N6O3S.C2H6.2H2/c1-37(35,36)19-4-2-3-16(13-19)14-29-21-20(24(25,26)27)15-30-23(32-21)31-18-7-5-17(6-8-18)22(34)33-11-9-28-10-12-33;1-2;;/h2-8,13,15,28H,9-12,14H2,1H3,(H2,29,30,31,32);1-2H3;2*1H. The summed E-state index contributed by atoms with van der Waals surface area (Å²) in [4.78, 5) is 22.2. The number of halogens is 3. The molecule has 214 valence electrons. The van der Waals surface area contributed by atoms with Crippen LogP contribution >= 0.6 is 0 Å². The Kier molecular flexibility index (Phi) is 9.86. The Morgan fingerprint density at radius 2 is 1.77 bits per heavy atom. The lowest BCUT2D eigenvalue weighted by Crippen LogP contribution is -2.46. The lowest BCUT2D eigenvalue weighted by atomic mass is 10.1. The second-order valence-electron chi connectivity index (χ2n) is 8.47. The molecule has 0 aliphatic carbocycles. The van der Waals surface area contributed by atoms with Gasteiger partial charge in [-0.2, -0.15) is 18.2 Å². The van der Waals surface area contributed by atoms with Crippen molar-refractivity contribution >= 4 is 33.2 Å². The molecule has 3 aromatic rings. The summed E-state index contributed by atoms with van der Waals surface area (Å²) in [6, 6.07) is 12.4. The van der Waals surface area contributed by atoms with Crippen molar-refractivity contribution in [3.8, 4) is 0 Å². The van der Waals surface area contributed by atoms with Crippen LogP contribution in [-0.2, 0) is 22.6 Å². The van der Waals surface area contributed by atoms with Gasteiger partial charge in [-0.15, -0.1) is 0 Å². The third-order valence-corrected chi connectivity index (χ3v) is 6.78. The Hall–Kier alpha value is -3.71. The molecule has 0 bridgehead atoms. The van der Waals surface area contributed by atoms with Gasteiger partial charge in [-0.05, 0) is 42.0 Å². The Balaban J connectivity index is 0.00000206. The molecule has 0 atom stereocenters. The van der Waals surface area contributed by atoms with Gasteiger partial charge in [-0.1, -0.05) is 26.0 Å². The number of rotatable bonds is 7. The number of amides is 1. The predicted molar refractivity (Wildman–Crippen MR) is 148 cm³/mol. The Bertz CT molecular complexity index is 1390. The lowest BCUT2D eigenvalue weighted by Gasteiger charge is -2.27. The normalized spacial score (nSPS) is 13.7. The van der Waals surface area contributed by atoms with Crippen molar-refractivity contribution in [2.75, 3.05) is 43.1 Å². The number of nitrogens with one attached hydrogen (secondary N) is 3. The van der Waals surface area contributed by atoms with Crippen molar-refractivity contribution in [3.05, 3.63) is 71.4 Å². The summed E-state index contributed by atoms with van der Waals surface area (Å²) < 4.78 is 64.3. The average molecular weight is 569 g/mol. The zero-order valence-electron chi connectivity index (χ0n) is 21.8. The van der Waals surface area contributed by atoms with Crippen LogP contribution in [0.5, 0.6) is 0 Å². The van der Waals surface area contributed by atoms with E-state index in [-0.39, 0.29) is 26.1 Å². The van der Waals surface area contributed by atoms with E-state index in [4.69, 9.17) is 0 Å². The number of aromatic nitrogens is 2. The molecule has 39 heavy (non-hydrogen) atoms. The first-order chi connectivity index (χ1) is 18.5. The van der Waals surface area contributed by atoms with Crippen LogP contribution in [0.25, 0.3) is 0 Å². The van der Waals surface area contributed by atoms with Crippen LogP contribution in [0.1, 0.15) is 38.2 Å². The monoisotopic (exact) mass is 568 g/mol. The lowest BCUT2D eigenvalue weighted by molar-refractivity contribution is -0.137. The molecule has 1 fully saturated rings. The number of alkyl halides is 3. The summed E-state index contributed by atoms with van der Waals surface area (Å²) in [5, 5.41) is 8.68. The number of benzene rings is 2. The Morgan fingerprint density at radius 3 is 2.38 bits per heavy atom. The van der Waals surface area contributed by atoms with Gasteiger partial charge in [-0.3, -0.25) is 4.79 Å². The number of hydrogen-bond acceptors (Lipinski definition) is 8. The molecule has 9 nitrogen and oxygen atoms in total. The largest absolute Gasteiger partial charge is 0.421 e. The van der Waals surface area contributed by atoms with Crippen LogP contribution in [-0.4, -0.2) is 61.6 Å². The molecule has 3 N–H and O–H groups in total. The molecule has 1 saturated heterocycles. The molecule has 1 aromatic heterocycles. The molecule has 1 aliphatic heterocycles. The molecule has 1 amide bonds. The summed E-state index contributed by atoms with van der Waals surface area (Å²) in [5.74, 6) is -0.632. The van der Waals surface area contributed by atoms with Crippen molar-refractivity contribution in [2.24, 2.45) is 0 Å². The number of carbonyl (C=O) groups is 1. The maximum absolute atomic E-state index is 13.6. The number of carbonyl (C=O) groups excluding carboxylic acids is 1. The van der Waals surface area contributed by atoms with Crippen molar-refractivity contribution in [1.29, 1.82) is 0 Å². The molecule has 0 unspecified atom stereocenters. The average Bonchev–Trinajstić information content (AvgIpc) is 2.93. The fraction of sp³-hybridized carbons (Fsp3) is 0.346. The maximum atomic E-state index is 13.6. The van der Waals surface area contributed by atoms with Crippen LogP contribution < -0.4 is 16.0 Å². The summed E-state index contributed by atoms with van der Waals surface area (Å²) in [7, 11) is -3.47. The number of nitrogens with zero attached hydrogens (tertiary/aromatic N) is 3. The van der Waals surface area contributed by atoms with Gasteiger partial charge < -0.3 is 20.9 Å². The van der Waals surface area contributed by atoms with Crippen LogP contribution in [0.4, 0.5) is 30.6 Å². The van der Waals surface area contributed by atoms with E-state index in [0.29, 0.717) is 36.1 Å². The van der Waals surface area contributed by atoms with Gasteiger partial charge in [-0.25, -0.2) is 13.4 Å². The van der Waals surface area contributed by atoms with E-state index < -0.39 is 27.4 Å². The van der Waals surface area contributed by atoms with Gasteiger partial charge >= 0.3 is 6.18 Å². The van der Waals surface area contributed by atoms with Gasteiger partial charge in [0.05, 0.1) is 4.90 Å². The first kappa shape index (κ1) is 29.8. The second kappa shape index (κ2) is 12.9. The molecule has 4 rings (SSSR count). The third-order valence-electron chi connectivity index (χ3n) is 5.67. The number of hydrogen-bond donors (Lipinski definition) is 3. The van der Waals surface area contributed by atoms with E-state index >= 15 is 0 Å². The van der Waals surface area contributed by atoms with Gasteiger partial charge in [0, 0.05) is 59.3 Å². The molecule has 0 spiro atoms. The maximum Gasteiger partial charge on any atom is 0.421 e. The number of piperazine rings is 1. The van der Waals surface area contributed by atoms with Crippen molar-refractivity contribution in [2.45, 2.75) is 31.5 Å². The number of sulfone groups is 1. The smallest absolute Gasteiger partial charge is 0.365 e. The summed E-state index contributed by atoms with van der Waals surface area (Å²) >= 11 is 0. The summed E-state index contributed by atoms with van der Waals surface area (Å²) in [5.41, 5.74) is 0.395. The highest BCUT2D eigenvalue weighted by Gasteiger charge is 2.35. The minimum absolute atomic E-state index is 0. The predicted octanol–water partition coefficient (Wildman–Crippen LogP) is 4.82. The van der Waals surface area contributed by atoms with Crippen molar-refractivity contribution in [1.82, 2.24) is 20.2 Å². The van der Waals surface area contributed by atoms with Gasteiger partial charge in [0.2, 0.25) is 5.95 Å². The van der Waals surface area contributed by atoms with Crippen molar-refractivity contribution < 1.29 is 29.2 Å². The molecular weight excluding hydrogens is 533 g/mol. The van der Waals surface area contributed by atoms with Crippen LogP contribution in [0.3, 0.4) is 0 Å². The van der Waals surface area contributed by atoms with Crippen LogP contribution in [0, 0.1) is 0 Å². The number of anilines is 3. The molecule has 13 heteroatoms. The summed E-state index contributed by atoms with van der Waals surface area (Å²) in [6.45, 7) is 6.61. The zero-order chi connectivity index (χ0) is 28.6. The van der Waals surface area contributed by atoms with Gasteiger partial charge in [0.25, 0.3) is 5.91 Å². The van der Waals surface area contributed by atoms with E-state index in [1.54, 1.807) is 35.2 Å². The van der Waals surface area contributed by atoms with Gasteiger partial charge in [0.15, 0.2) is 9.84 Å². The highest BCUT2D eigenvalue weighted by Crippen LogP contribution is 2.34. The van der Waals surface area contributed by atoms with Crippen molar-refractivity contribution in [3.63, 3.8) is 0 Å². The quantitative estimate of drug-likeness (QED) is 0.372. The highest BCUT2D eigenvalue weighted by molar-refractivity contribution is 7.90. The molecular formula is C26H35F3N6O3S. The minimum Gasteiger partial charge on any atom is -0.365 e. The minimum atomic E-state index is -4.71. The Morgan fingerprint density at radius 1 is 1.10 bits per heavy atom. The molecule has 0 saturated carbocycles. The fourth-order valence-corrected chi connectivity index (χ4v) is 4.42. The highest BCUT2D eigenvalue weighted by atomic mass is 32.2. The fourth-order valence-electron chi connectivity index (χ4n) is 3.73. The van der Waals surface area contributed by atoms with E-state index in [2.05, 4.69) is 25.9 Å². The van der Waals surface area contributed by atoms with Crippen LogP contribution in [0.15, 0.2) is 59.6 Å². The first-order valence-electron chi connectivity index (χ1n) is 12.3.